The number of aromatic nitrogens is 3. The predicted molar refractivity (Wildman–Crippen MR) is 77.8 cm³/mol. The molecule has 1 heterocycles. The van der Waals surface area contributed by atoms with E-state index in [1.807, 2.05) is 4.68 Å². The minimum Gasteiger partial charge on any atom is -0.311 e. The van der Waals surface area contributed by atoms with Gasteiger partial charge in [0.15, 0.2) is 0 Å². The summed E-state index contributed by atoms with van der Waals surface area (Å²) < 4.78 is 1.99. The van der Waals surface area contributed by atoms with E-state index in [0.717, 1.165) is 31.2 Å². The standard InChI is InChI=1S/C15H28N4/c1-2-3-4-5-6-7-10-19-13-15(17-18-19)12-16-11-14-8-9-14/h13-14,16H,2-12H2,1H3. The van der Waals surface area contributed by atoms with Crippen LogP contribution in [-0.4, -0.2) is 21.5 Å². The maximum atomic E-state index is 4.21. The van der Waals surface area contributed by atoms with E-state index >= 15 is 0 Å². The molecule has 0 aromatic carbocycles. The van der Waals surface area contributed by atoms with Gasteiger partial charge in [0.2, 0.25) is 0 Å². The molecular weight excluding hydrogens is 236 g/mol. The molecule has 108 valence electrons. The highest BCUT2D eigenvalue weighted by atomic mass is 15.4. The highest BCUT2D eigenvalue weighted by molar-refractivity contribution is 4.92. The first kappa shape index (κ1) is 14.5. The quantitative estimate of drug-likeness (QED) is 0.624. The van der Waals surface area contributed by atoms with Crippen LogP contribution in [0.15, 0.2) is 6.20 Å². The number of unbranched alkanes of at least 4 members (excludes halogenated alkanes) is 5. The van der Waals surface area contributed by atoms with E-state index in [1.54, 1.807) is 0 Å². The summed E-state index contributed by atoms with van der Waals surface area (Å²) in [7, 11) is 0. The van der Waals surface area contributed by atoms with Crippen molar-refractivity contribution in [2.45, 2.75) is 71.4 Å². The molecule has 2 rings (SSSR count). The summed E-state index contributed by atoms with van der Waals surface area (Å²) in [6, 6.07) is 0. The van der Waals surface area contributed by atoms with Gasteiger partial charge in [-0.25, -0.2) is 0 Å². The Morgan fingerprint density at radius 1 is 1.21 bits per heavy atom. The maximum Gasteiger partial charge on any atom is 0.0964 e. The molecule has 0 atom stereocenters. The van der Waals surface area contributed by atoms with Gasteiger partial charge in [0.1, 0.15) is 0 Å². The lowest BCUT2D eigenvalue weighted by Crippen LogP contribution is -2.16. The zero-order chi connectivity index (χ0) is 13.3. The Kier molecular flexibility index (Phi) is 6.34. The molecule has 1 aromatic rings. The molecule has 0 saturated heterocycles. The molecule has 0 aliphatic heterocycles. The topological polar surface area (TPSA) is 42.7 Å². The summed E-state index contributed by atoms with van der Waals surface area (Å²) in [6.07, 6.45) is 12.9. The summed E-state index contributed by atoms with van der Waals surface area (Å²) in [5.41, 5.74) is 1.08. The number of rotatable bonds is 11. The summed E-state index contributed by atoms with van der Waals surface area (Å²) in [6.45, 7) is 5.28. The number of nitrogens with one attached hydrogen (secondary N) is 1. The van der Waals surface area contributed by atoms with Crippen LogP contribution >= 0.6 is 0 Å². The van der Waals surface area contributed by atoms with E-state index in [4.69, 9.17) is 0 Å². The maximum absolute atomic E-state index is 4.21. The monoisotopic (exact) mass is 264 g/mol. The second-order valence-corrected chi connectivity index (χ2v) is 5.81. The summed E-state index contributed by atoms with van der Waals surface area (Å²) >= 11 is 0. The minimum absolute atomic E-state index is 0.868. The average Bonchev–Trinajstić information content (AvgIpc) is 3.13. The van der Waals surface area contributed by atoms with Crippen molar-refractivity contribution in [1.29, 1.82) is 0 Å². The molecule has 0 radical (unpaired) electrons. The van der Waals surface area contributed by atoms with Crippen LogP contribution in [0, 0.1) is 5.92 Å². The van der Waals surface area contributed by atoms with Crippen molar-refractivity contribution >= 4 is 0 Å². The molecule has 4 nitrogen and oxygen atoms in total. The third-order valence-corrected chi connectivity index (χ3v) is 3.76. The average molecular weight is 264 g/mol. The lowest BCUT2D eigenvalue weighted by Gasteiger charge is -2.01. The Bertz CT molecular complexity index is 344. The number of nitrogens with zero attached hydrogens (tertiary/aromatic N) is 3. The van der Waals surface area contributed by atoms with Gasteiger partial charge < -0.3 is 5.32 Å². The van der Waals surface area contributed by atoms with Crippen LogP contribution in [-0.2, 0) is 13.1 Å². The molecule has 1 aliphatic rings. The van der Waals surface area contributed by atoms with Crippen molar-refractivity contribution in [3.8, 4) is 0 Å². The lowest BCUT2D eigenvalue weighted by atomic mass is 10.1. The number of hydrogen-bond donors (Lipinski definition) is 1. The fourth-order valence-corrected chi connectivity index (χ4v) is 2.31. The Morgan fingerprint density at radius 3 is 2.79 bits per heavy atom. The van der Waals surface area contributed by atoms with Crippen LogP contribution in [0.2, 0.25) is 0 Å². The van der Waals surface area contributed by atoms with Crippen molar-refractivity contribution in [3.05, 3.63) is 11.9 Å². The van der Waals surface area contributed by atoms with Crippen molar-refractivity contribution in [1.82, 2.24) is 20.3 Å². The SMILES string of the molecule is CCCCCCCCn1cc(CNCC2CC2)nn1. The smallest absolute Gasteiger partial charge is 0.0964 e. The molecule has 0 spiro atoms. The third-order valence-electron chi connectivity index (χ3n) is 3.76. The Morgan fingerprint density at radius 2 is 2.00 bits per heavy atom. The molecule has 0 unspecified atom stereocenters. The second kappa shape index (κ2) is 8.31. The molecule has 1 aromatic heterocycles. The first-order valence-electron chi connectivity index (χ1n) is 7.98. The van der Waals surface area contributed by atoms with Gasteiger partial charge in [-0.15, -0.1) is 5.10 Å². The molecule has 19 heavy (non-hydrogen) atoms. The Labute approximate surface area is 117 Å². The van der Waals surface area contributed by atoms with E-state index in [0.29, 0.717) is 0 Å². The fraction of sp³-hybridized carbons (Fsp3) is 0.867. The van der Waals surface area contributed by atoms with Gasteiger partial charge in [0.05, 0.1) is 5.69 Å². The molecule has 1 saturated carbocycles. The molecule has 1 fully saturated rings. The summed E-state index contributed by atoms with van der Waals surface area (Å²) in [5, 5.41) is 11.9. The van der Waals surface area contributed by atoms with Crippen molar-refractivity contribution in [2.24, 2.45) is 5.92 Å². The van der Waals surface area contributed by atoms with Crippen molar-refractivity contribution < 1.29 is 0 Å². The number of aryl methyl sites for hydroxylation is 1. The van der Waals surface area contributed by atoms with Crippen LogP contribution < -0.4 is 5.32 Å². The van der Waals surface area contributed by atoms with E-state index < -0.39 is 0 Å². The molecule has 1 N–H and O–H groups in total. The third kappa shape index (κ3) is 6.19. The van der Waals surface area contributed by atoms with Gasteiger partial charge >= 0.3 is 0 Å². The first-order valence-corrected chi connectivity index (χ1v) is 7.98. The summed E-state index contributed by atoms with van der Waals surface area (Å²) in [5.74, 6) is 0.929. The minimum atomic E-state index is 0.868. The molecule has 4 heteroatoms. The second-order valence-electron chi connectivity index (χ2n) is 5.81. The van der Waals surface area contributed by atoms with Crippen LogP contribution in [0.3, 0.4) is 0 Å². The van der Waals surface area contributed by atoms with Gasteiger partial charge in [0, 0.05) is 19.3 Å². The van der Waals surface area contributed by atoms with Crippen LogP contribution in [0.1, 0.15) is 64.0 Å². The van der Waals surface area contributed by atoms with Crippen LogP contribution in [0.25, 0.3) is 0 Å². The Hall–Kier alpha value is -0.900. The fourth-order valence-electron chi connectivity index (χ4n) is 2.31. The zero-order valence-electron chi connectivity index (χ0n) is 12.3. The molecule has 0 amide bonds. The molecular formula is C15H28N4. The summed E-state index contributed by atoms with van der Waals surface area (Å²) in [4.78, 5) is 0. The lowest BCUT2D eigenvalue weighted by molar-refractivity contribution is 0.516. The van der Waals surface area contributed by atoms with Crippen molar-refractivity contribution in [3.63, 3.8) is 0 Å². The van der Waals surface area contributed by atoms with Crippen LogP contribution in [0.5, 0.6) is 0 Å². The molecule has 1 aliphatic carbocycles. The molecule has 0 bridgehead atoms. The van der Waals surface area contributed by atoms with Gasteiger partial charge in [0.25, 0.3) is 0 Å². The van der Waals surface area contributed by atoms with E-state index in [-0.39, 0.29) is 0 Å². The van der Waals surface area contributed by atoms with E-state index in [1.165, 1.54) is 51.4 Å². The largest absolute Gasteiger partial charge is 0.311 e. The highest BCUT2D eigenvalue weighted by Crippen LogP contribution is 2.27. The van der Waals surface area contributed by atoms with Gasteiger partial charge in [-0.05, 0) is 31.7 Å². The predicted octanol–water partition coefficient (Wildman–Crippen LogP) is 3.14. The van der Waals surface area contributed by atoms with Gasteiger partial charge in [-0.2, -0.15) is 0 Å². The number of hydrogen-bond acceptors (Lipinski definition) is 3. The van der Waals surface area contributed by atoms with E-state index in [9.17, 15) is 0 Å². The van der Waals surface area contributed by atoms with Gasteiger partial charge in [-0.1, -0.05) is 44.2 Å². The van der Waals surface area contributed by atoms with E-state index in [2.05, 4.69) is 28.7 Å². The van der Waals surface area contributed by atoms with Gasteiger partial charge in [-0.3, -0.25) is 4.68 Å². The normalized spacial score (nSPS) is 15.0. The van der Waals surface area contributed by atoms with Crippen LogP contribution in [0.4, 0.5) is 0 Å². The van der Waals surface area contributed by atoms with Crippen molar-refractivity contribution in [2.75, 3.05) is 6.54 Å². The zero-order valence-corrected chi connectivity index (χ0v) is 12.3. The first-order chi connectivity index (χ1) is 9.38. The Balaban J connectivity index is 1.52. The highest BCUT2D eigenvalue weighted by Gasteiger charge is 2.20.